The van der Waals surface area contributed by atoms with E-state index in [1.54, 1.807) is 31.2 Å². The SMILES string of the molecule is CC(=NNC(=O)c1[nH]nc(-c2ccccc2)c1C)c1ccc(O)cc1. The molecule has 0 aliphatic rings. The molecule has 3 N–H and O–H groups in total. The Balaban J connectivity index is 1.77. The van der Waals surface area contributed by atoms with E-state index in [4.69, 9.17) is 0 Å². The van der Waals surface area contributed by atoms with Gasteiger partial charge in [-0.05, 0) is 43.7 Å². The Hall–Kier alpha value is -3.41. The van der Waals surface area contributed by atoms with Crippen LogP contribution in [0.25, 0.3) is 11.3 Å². The first-order chi connectivity index (χ1) is 12.1. The van der Waals surface area contributed by atoms with Crippen molar-refractivity contribution in [2.45, 2.75) is 13.8 Å². The van der Waals surface area contributed by atoms with E-state index in [2.05, 4.69) is 20.7 Å². The van der Waals surface area contributed by atoms with Crippen LogP contribution < -0.4 is 5.43 Å². The van der Waals surface area contributed by atoms with Crippen LogP contribution in [0.1, 0.15) is 28.5 Å². The minimum atomic E-state index is -0.356. The summed E-state index contributed by atoms with van der Waals surface area (Å²) < 4.78 is 0. The van der Waals surface area contributed by atoms with Gasteiger partial charge in [0, 0.05) is 11.1 Å². The van der Waals surface area contributed by atoms with Gasteiger partial charge in [-0.1, -0.05) is 30.3 Å². The van der Waals surface area contributed by atoms with Gasteiger partial charge >= 0.3 is 0 Å². The monoisotopic (exact) mass is 334 g/mol. The molecule has 0 saturated carbocycles. The molecule has 1 heterocycles. The molecule has 2 aromatic carbocycles. The summed E-state index contributed by atoms with van der Waals surface area (Å²) in [6.07, 6.45) is 0. The lowest BCUT2D eigenvalue weighted by molar-refractivity contribution is 0.0949. The Morgan fingerprint density at radius 2 is 1.80 bits per heavy atom. The molecule has 0 aliphatic heterocycles. The van der Waals surface area contributed by atoms with E-state index in [1.165, 1.54) is 0 Å². The van der Waals surface area contributed by atoms with Gasteiger partial charge in [0.15, 0.2) is 0 Å². The van der Waals surface area contributed by atoms with Gasteiger partial charge in [-0.2, -0.15) is 10.2 Å². The maximum atomic E-state index is 12.4. The van der Waals surface area contributed by atoms with E-state index in [0.29, 0.717) is 11.4 Å². The molecule has 0 unspecified atom stereocenters. The summed E-state index contributed by atoms with van der Waals surface area (Å²) >= 11 is 0. The lowest BCUT2D eigenvalue weighted by atomic mass is 10.1. The molecule has 6 nitrogen and oxygen atoms in total. The third-order valence-electron chi connectivity index (χ3n) is 3.89. The fraction of sp³-hybridized carbons (Fsp3) is 0.105. The van der Waals surface area contributed by atoms with E-state index < -0.39 is 0 Å². The van der Waals surface area contributed by atoms with Gasteiger partial charge in [0.1, 0.15) is 11.4 Å². The van der Waals surface area contributed by atoms with Gasteiger partial charge in [0.05, 0.1) is 11.4 Å². The molecule has 0 atom stereocenters. The largest absolute Gasteiger partial charge is 0.508 e. The zero-order valence-corrected chi connectivity index (χ0v) is 13.9. The number of hydrogen-bond acceptors (Lipinski definition) is 4. The summed E-state index contributed by atoms with van der Waals surface area (Å²) in [4.78, 5) is 12.4. The Labute approximate surface area is 145 Å². The number of benzene rings is 2. The minimum Gasteiger partial charge on any atom is -0.508 e. The van der Waals surface area contributed by atoms with Crippen LogP contribution >= 0.6 is 0 Å². The van der Waals surface area contributed by atoms with E-state index >= 15 is 0 Å². The molecule has 0 saturated heterocycles. The number of rotatable bonds is 4. The predicted molar refractivity (Wildman–Crippen MR) is 96.5 cm³/mol. The van der Waals surface area contributed by atoms with Crippen LogP contribution in [0.15, 0.2) is 59.7 Å². The molecule has 0 radical (unpaired) electrons. The van der Waals surface area contributed by atoms with Gasteiger partial charge in [-0.25, -0.2) is 5.43 Å². The molecule has 0 bridgehead atoms. The maximum absolute atomic E-state index is 12.4. The lowest BCUT2D eigenvalue weighted by Crippen LogP contribution is -2.20. The van der Waals surface area contributed by atoms with Gasteiger partial charge in [-0.15, -0.1) is 0 Å². The van der Waals surface area contributed by atoms with E-state index in [0.717, 1.165) is 22.4 Å². The molecule has 25 heavy (non-hydrogen) atoms. The van der Waals surface area contributed by atoms with Crippen LogP contribution in [0, 0.1) is 6.92 Å². The van der Waals surface area contributed by atoms with Crippen molar-refractivity contribution >= 4 is 11.6 Å². The highest BCUT2D eigenvalue weighted by Gasteiger charge is 2.16. The van der Waals surface area contributed by atoms with Crippen molar-refractivity contribution < 1.29 is 9.90 Å². The molecule has 126 valence electrons. The van der Waals surface area contributed by atoms with Crippen LogP contribution in [-0.4, -0.2) is 26.9 Å². The van der Waals surface area contributed by atoms with Crippen LogP contribution in [0.4, 0.5) is 0 Å². The second kappa shape index (κ2) is 7.00. The molecule has 1 aromatic heterocycles. The predicted octanol–water partition coefficient (Wildman–Crippen LogP) is 3.24. The molecule has 0 aliphatic carbocycles. The number of phenols is 1. The number of H-pyrrole nitrogens is 1. The second-order valence-electron chi connectivity index (χ2n) is 5.62. The standard InChI is InChI=1S/C19H18N4O2/c1-12-17(15-6-4-3-5-7-15)21-22-18(12)19(25)23-20-13(2)14-8-10-16(24)11-9-14/h3-11,24H,1-2H3,(H,21,22)(H,23,25). The Bertz CT molecular complexity index is 912. The van der Waals surface area contributed by atoms with E-state index in [-0.39, 0.29) is 11.7 Å². The number of carbonyl (C=O) groups is 1. The minimum absolute atomic E-state index is 0.183. The Morgan fingerprint density at radius 3 is 2.48 bits per heavy atom. The normalized spacial score (nSPS) is 11.4. The van der Waals surface area contributed by atoms with Gasteiger partial charge < -0.3 is 5.11 Å². The number of hydrazone groups is 1. The number of nitrogens with one attached hydrogen (secondary N) is 2. The van der Waals surface area contributed by atoms with Crippen molar-refractivity contribution in [3.8, 4) is 17.0 Å². The molecule has 3 rings (SSSR count). The summed E-state index contributed by atoms with van der Waals surface area (Å²) in [6.45, 7) is 3.62. The lowest BCUT2D eigenvalue weighted by Gasteiger charge is -2.03. The second-order valence-corrected chi connectivity index (χ2v) is 5.62. The molecular formula is C19H18N4O2. The van der Waals surface area contributed by atoms with Gasteiger partial charge in [0.2, 0.25) is 0 Å². The molecular weight excluding hydrogens is 316 g/mol. The van der Waals surface area contributed by atoms with Crippen LogP contribution in [0.2, 0.25) is 0 Å². The van der Waals surface area contributed by atoms with Crippen molar-refractivity contribution in [1.29, 1.82) is 0 Å². The summed E-state index contributed by atoms with van der Waals surface area (Å²) in [7, 11) is 0. The fourth-order valence-corrected chi connectivity index (χ4v) is 2.45. The first-order valence-corrected chi connectivity index (χ1v) is 7.80. The first-order valence-electron chi connectivity index (χ1n) is 7.80. The number of aromatic nitrogens is 2. The number of aromatic amines is 1. The zero-order valence-electron chi connectivity index (χ0n) is 13.9. The van der Waals surface area contributed by atoms with Gasteiger partial charge in [0.25, 0.3) is 5.91 Å². The number of carbonyl (C=O) groups excluding carboxylic acids is 1. The number of hydrogen-bond donors (Lipinski definition) is 3. The van der Waals surface area contributed by atoms with E-state index in [9.17, 15) is 9.90 Å². The molecule has 3 aromatic rings. The smallest absolute Gasteiger partial charge is 0.289 e. The van der Waals surface area contributed by atoms with Crippen LogP contribution in [0.3, 0.4) is 0 Å². The zero-order chi connectivity index (χ0) is 17.8. The Kier molecular flexibility index (Phi) is 4.61. The van der Waals surface area contributed by atoms with Gasteiger partial charge in [-0.3, -0.25) is 9.89 Å². The molecule has 0 fully saturated rings. The highest BCUT2D eigenvalue weighted by Crippen LogP contribution is 2.22. The average molecular weight is 334 g/mol. The summed E-state index contributed by atoms with van der Waals surface area (Å²) in [5.74, 6) is -0.174. The summed E-state index contributed by atoms with van der Waals surface area (Å²) in [5.41, 5.74) is 6.80. The fourth-order valence-electron chi connectivity index (χ4n) is 2.45. The average Bonchev–Trinajstić information content (AvgIpc) is 3.02. The summed E-state index contributed by atoms with van der Waals surface area (Å²) in [6, 6.07) is 16.3. The summed E-state index contributed by atoms with van der Waals surface area (Å²) in [5, 5.41) is 20.4. The van der Waals surface area contributed by atoms with Crippen molar-refractivity contribution in [2.24, 2.45) is 5.10 Å². The molecule has 1 amide bonds. The number of amides is 1. The number of nitrogens with zero attached hydrogens (tertiary/aromatic N) is 2. The highest BCUT2D eigenvalue weighted by atomic mass is 16.3. The number of aromatic hydroxyl groups is 1. The Morgan fingerprint density at radius 1 is 1.12 bits per heavy atom. The maximum Gasteiger partial charge on any atom is 0.289 e. The van der Waals surface area contributed by atoms with Crippen molar-refractivity contribution in [3.05, 3.63) is 71.4 Å². The third-order valence-corrected chi connectivity index (χ3v) is 3.89. The van der Waals surface area contributed by atoms with Crippen molar-refractivity contribution in [1.82, 2.24) is 15.6 Å². The van der Waals surface area contributed by atoms with E-state index in [1.807, 2.05) is 37.3 Å². The van der Waals surface area contributed by atoms with Crippen LogP contribution in [0.5, 0.6) is 5.75 Å². The first kappa shape index (κ1) is 16.4. The third kappa shape index (κ3) is 3.58. The quantitative estimate of drug-likeness (QED) is 0.505. The molecule has 0 spiro atoms. The highest BCUT2D eigenvalue weighted by molar-refractivity contribution is 6.01. The number of phenolic OH excluding ortho intramolecular Hbond substituents is 1. The van der Waals surface area contributed by atoms with Crippen LogP contribution in [-0.2, 0) is 0 Å². The van der Waals surface area contributed by atoms with Crippen molar-refractivity contribution in [2.75, 3.05) is 0 Å². The topological polar surface area (TPSA) is 90.4 Å². The molecule has 6 heteroatoms. The van der Waals surface area contributed by atoms with Crippen molar-refractivity contribution in [3.63, 3.8) is 0 Å².